The third-order valence-corrected chi connectivity index (χ3v) is 3.37. The number of hydrogen-bond donors (Lipinski definition) is 2. The lowest BCUT2D eigenvalue weighted by molar-refractivity contribution is 0.102. The average Bonchev–Trinajstić information content (AvgIpc) is 2.42. The Morgan fingerprint density at radius 3 is 2.55 bits per heavy atom. The highest BCUT2D eigenvalue weighted by molar-refractivity contribution is 6.05. The zero-order valence-corrected chi connectivity index (χ0v) is 13.8. The average molecular weight is 297 g/mol. The van der Waals surface area contributed by atoms with Crippen molar-refractivity contribution in [1.82, 2.24) is 4.98 Å². The van der Waals surface area contributed by atoms with E-state index >= 15 is 0 Å². The Labute approximate surface area is 132 Å². The number of aryl methyl sites for hydroxylation is 1. The minimum Gasteiger partial charge on any atom is -0.379 e. The molecule has 1 aromatic carbocycles. The third-order valence-electron chi connectivity index (χ3n) is 3.37. The molecule has 2 rings (SSSR count). The van der Waals surface area contributed by atoms with Gasteiger partial charge in [0.1, 0.15) is 0 Å². The predicted octanol–water partition coefficient (Wildman–Crippen LogP) is 4.16. The van der Waals surface area contributed by atoms with E-state index in [2.05, 4.69) is 36.4 Å². The maximum atomic E-state index is 12.4. The number of rotatable bonds is 3. The predicted molar refractivity (Wildman–Crippen MR) is 91.5 cm³/mol. The highest BCUT2D eigenvalue weighted by Crippen LogP contribution is 2.20. The van der Waals surface area contributed by atoms with E-state index in [1.165, 1.54) is 0 Å². The number of carbonyl (C=O) groups excluding carboxylic acids is 1. The Hall–Kier alpha value is -2.36. The van der Waals surface area contributed by atoms with Gasteiger partial charge in [0.05, 0.1) is 11.3 Å². The molecule has 0 spiro atoms. The molecule has 1 aromatic heterocycles. The van der Waals surface area contributed by atoms with E-state index in [0.717, 1.165) is 22.5 Å². The Morgan fingerprint density at radius 1 is 1.14 bits per heavy atom. The van der Waals surface area contributed by atoms with Crippen molar-refractivity contribution in [3.05, 3.63) is 53.3 Å². The van der Waals surface area contributed by atoms with Gasteiger partial charge < -0.3 is 10.6 Å². The minimum atomic E-state index is -0.154. The van der Waals surface area contributed by atoms with E-state index in [-0.39, 0.29) is 11.4 Å². The summed E-state index contributed by atoms with van der Waals surface area (Å²) in [6.45, 7) is 10.2. The number of carbonyl (C=O) groups is 1. The summed E-state index contributed by atoms with van der Waals surface area (Å²) in [6, 6.07) is 7.69. The van der Waals surface area contributed by atoms with Crippen molar-refractivity contribution >= 4 is 17.3 Å². The Morgan fingerprint density at radius 2 is 1.86 bits per heavy atom. The number of benzene rings is 1. The number of nitrogens with one attached hydrogen (secondary N) is 2. The summed E-state index contributed by atoms with van der Waals surface area (Å²) in [7, 11) is 0. The van der Waals surface area contributed by atoms with Gasteiger partial charge in [-0.25, -0.2) is 0 Å². The molecule has 0 radical (unpaired) electrons. The van der Waals surface area contributed by atoms with Crippen molar-refractivity contribution in [2.24, 2.45) is 0 Å². The molecule has 0 atom stereocenters. The third kappa shape index (κ3) is 4.07. The molecular formula is C18H23N3O. The zero-order chi connectivity index (χ0) is 16.3. The summed E-state index contributed by atoms with van der Waals surface area (Å²) in [4.78, 5) is 16.6. The Bertz CT molecular complexity index is 687. The van der Waals surface area contributed by atoms with Crippen LogP contribution in [0.5, 0.6) is 0 Å². The van der Waals surface area contributed by atoms with Gasteiger partial charge in [-0.15, -0.1) is 0 Å². The molecule has 0 saturated carbocycles. The van der Waals surface area contributed by atoms with Crippen LogP contribution in [-0.2, 0) is 0 Å². The van der Waals surface area contributed by atoms with Crippen LogP contribution in [0.1, 0.15) is 42.3 Å². The normalized spacial score (nSPS) is 11.1. The highest BCUT2D eigenvalue weighted by Gasteiger charge is 2.13. The van der Waals surface area contributed by atoms with Gasteiger partial charge in [0.2, 0.25) is 0 Å². The standard InChI is InChI=1S/C18H23N3O/c1-12-7-6-8-16(13(12)2)20-17(22)14-9-15(11-19-10-14)21-18(3,4)5/h6-11,21H,1-5H3,(H,20,22). The van der Waals surface area contributed by atoms with Crippen molar-refractivity contribution < 1.29 is 4.79 Å². The molecule has 0 unspecified atom stereocenters. The topological polar surface area (TPSA) is 54.0 Å². The molecule has 1 heterocycles. The lowest BCUT2D eigenvalue weighted by Crippen LogP contribution is -2.26. The molecule has 0 saturated heterocycles. The molecule has 0 aliphatic heterocycles. The summed E-state index contributed by atoms with van der Waals surface area (Å²) in [5, 5.41) is 6.27. The van der Waals surface area contributed by atoms with E-state index in [0.29, 0.717) is 5.56 Å². The smallest absolute Gasteiger partial charge is 0.257 e. The summed E-state index contributed by atoms with van der Waals surface area (Å²) in [6.07, 6.45) is 3.30. The van der Waals surface area contributed by atoms with Gasteiger partial charge in [0, 0.05) is 23.6 Å². The summed E-state index contributed by atoms with van der Waals surface area (Å²) < 4.78 is 0. The summed E-state index contributed by atoms with van der Waals surface area (Å²) in [5.74, 6) is -0.154. The van der Waals surface area contributed by atoms with E-state index in [4.69, 9.17) is 0 Å². The Kier molecular flexibility index (Phi) is 4.50. The van der Waals surface area contributed by atoms with Crippen LogP contribution in [0.15, 0.2) is 36.7 Å². The molecule has 0 fully saturated rings. The van der Waals surface area contributed by atoms with Crippen molar-refractivity contribution in [2.45, 2.75) is 40.2 Å². The molecule has 4 heteroatoms. The Balaban J connectivity index is 2.19. The lowest BCUT2D eigenvalue weighted by atomic mass is 10.1. The maximum absolute atomic E-state index is 12.4. The molecule has 0 aliphatic carbocycles. The van der Waals surface area contributed by atoms with Crippen LogP contribution in [0.3, 0.4) is 0 Å². The molecular weight excluding hydrogens is 274 g/mol. The fourth-order valence-electron chi connectivity index (χ4n) is 2.15. The van der Waals surface area contributed by atoms with Crippen LogP contribution < -0.4 is 10.6 Å². The second-order valence-electron chi connectivity index (χ2n) is 6.54. The van der Waals surface area contributed by atoms with Crippen LogP contribution in [0.2, 0.25) is 0 Å². The van der Waals surface area contributed by atoms with Crippen LogP contribution in [0.4, 0.5) is 11.4 Å². The van der Waals surface area contributed by atoms with Crippen molar-refractivity contribution in [2.75, 3.05) is 10.6 Å². The van der Waals surface area contributed by atoms with E-state index in [9.17, 15) is 4.79 Å². The van der Waals surface area contributed by atoms with Crippen molar-refractivity contribution in [1.29, 1.82) is 0 Å². The summed E-state index contributed by atoms with van der Waals surface area (Å²) >= 11 is 0. The molecule has 0 aliphatic rings. The van der Waals surface area contributed by atoms with Crippen LogP contribution in [0, 0.1) is 13.8 Å². The zero-order valence-electron chi connectivity index (χ0n) is 13.8. The SMILES string of the molecule is Cc1cccc(NC(=O)c2cncc(NC(C)(C)C)c2)c1C. The van der Waals surface area contributed by atoms with Gasteiger partial charge in [0.15, 0.2) is 0 Å². The van der Waals surface area contributed by atoms with Crippen LogP contribution >= 0.6 is 0 Å². The van der Waals surface area contributed by atoms with E-state index in [1.807, 2.05) is 38.1 Å². The van der Waals surface area contributed by atoms with E-state index in [1.54, 1.807) is 12.4 Å². The quantitative estimate of drug-likeness (QED) is 0.894. The number of pyridine rings is 1. The monoisotopic (exact) mass is 297 g/mol. The fraction of sp³-hybridized carbons (Fsp3) is 0.333. The van der Waals surface area contributed by atoms with Gasteiger partial charge >= 0.3 is 0 Å². The molecule has 2 N–H and O–H groups in total. The number of hydrogen-bond acceptors (Lipinski definition) is 3. The van der Waals surface area contributed by atoms with Crippen molar-refractivity contribution in [3.8, 4) is 0 Å². The van der Waals surface area contributed by atoms with Crippen molar-refractivity contribution in [3.63, 3.8) is 0 Å². The lowest BCUT2D eigenvalue weighted by Gasteiger charge is -2.22. The van der Waals surface area contributed by atoms with Gasteiger partial charge in [0.25, 0.3) is 5.91 Å². The molecule has 0 bridgehead atoms. The first-order valence-electron chi connectivity index (χ1n) is 7.37. The molecule has 22 heavy (non-hydrogen) atoms. The molecule has 4 nitrogen and oxygen atoms in total. The largest absolute Gasteiger partial charge is 0.379 e. The minimum absolute atomic E-state index is 0.0795. The van der Waals surface area contributed by atoms with Gasteiger partial charge in [-0.05, 0) is 57.9 Å². The first kappa shape index (κ1) is 16.0. The number of nitrogens with zero attached hydrogens (tertiary/aromatic N) is 1. The number of anilines is 2. The van der Waals surface area contributed by atoms with Crippen LogP contribution in [0.25, 0.3) is 0 Å². The summed E-state index contributed by atoms with van der Waals surface area (Å²) in [5.41, 5.74) is 4.35. The number of aromatic nitrogens is 1. The van der Waals surface area contributed by atoms with Gasteiger partial charge in [-0.1, -0.05) is 12.1 Å². The number of amides is 1. The molecule has 1 amide bonds. The molecule has 116 valence electrons. The van der Waals surface area contributed by atoms with E-state index < -0.39 is 0 Å². The highest BCUT2D eigenvalue weighted by atomic mass is 16.1. The van der Waals surface area contributed by atoms with Crippen LogP contribution in [-0.4, -0.2) is 16.4 Å². The molecule has 2 aromatic rings. The van der Waals surface area contributed by atoms with Gasteiger partial charge in [-0.2, -0.15) is 0 Å². The second-order valence-corrected chi connectivity index (χ2v) is 6.54. The fourth-order valence-corrected chi connectivity index (χ4v) is 2.15. The second kappa shape index (κ2) is 6.18. The first-order valence-corrected chi connectivity index (χ1v) is 7.37. The first-order chi connectivity index (χ1) is 10.3. The maximum Gasteiger partial charge on any atom is 0.257 e. The van der Waals surface area contributed by atoms with Gasteiger partial charge in [-0.3, -0.25) is 9.78 Å².